The molecule has 0 saturated carbocycles. The molecule has 6 heteroatoms. The molecule has 0 aliphatic heterocycles. The number of benzene rings is 1. The van der Waals surface area contributed by atoms with Gasteiger partial charge in [-0.3, -0.25) is 14.9 Å². The second-order valence-electron chi connectivity index (χ2n) is 4.40. The Morgan fingerprint density at radius 2 is 2.20 bits per heavy atom. The number of hydrogen-bond acceptors (Lipinski definition) is 5. The number of carbonyl (C=O) groups excluding carboxylic acids is 1. The Labute approximate surface area is 118 Å². The standard InChI is InChI=1S/C14H20N2O4/c1-3-20-14(17)8-5-9-15-10-12-6-4-7-13(11(12)2)16(18)19/h4,6-7,15H,3,5,8-10H2,1-2H3. The van der Waals surface area contributed by atoms with Crippen LogP contribution in [0.3, 0.4) is 0 Å². The molecule has 0 saturated heterocycles. The molecule has 0 fully saturated rings. The van der Waals surface area contributed by atoms with E-state index in [4.69, 9.17) is 4.74 Å². The highest BCUT2D eigenvalue weighted by Gasteiger charge is 2.12. The first-order chi connectivity index (χ1) is 9.56. The molecule has 1 aromatic rings. The maximum atomic E-state index is 11.1. The molecule has 0 spiro atoms. The molecule has 6 nitrogen and oxygen atoms in total. The average Bonchev–Trinajstić information content (AvgIpc) is 2.40. The van der Waals surface area contributed by atoms with E-state index in [0.717, 1.165) is 5.56 Å². The quantitative estimate of drug-likeness (QED) is 0.342. The molecule has 0 atom stereocenters. The summed E-state index contributed by atoms with van der Waals surface area (Å²) in [6, 6.07) is 5.04. The van der Waals surface area contributed by atoms with Crippen molar-refractivity contribution in [3.8, 4) is 0 Å². The molecule has 1 rings (SSSR count). The van der Waals surface area contributed by atoms with Gasteiger partial charge in [-0.25, -0.2) is 0 Å². The van der Waals surface area contributed by atoms with E-state index < -0.39 is 0 Å². The van der Waals surface area contributed by atoms with Crippen LogP contribution in [0.2, 0.25) is 0 Å². The third kappa shape index (κ3) is 4.97. The molecule has 0 heterocycles. The summed E-state index contributed by atoms with van der Waals surface area (Å²) >= 11 is 0. The summed E-state index contributed by atoms with van der Waals surface area (Å²) in [6.07, 6.45) is 1.07. The zero-order valence-corrected chi connectivity index (χ0v) is 11.8. The van der Waals surface area contributed by atoms with Gasteiger partial charge in [0.2, 0.25) is 0 Å². The van der Waals surface area contributed by atoms with Crippen LogP contribution < -0.4 is 5.32 Å². The van der Waals surface area contributed by atoms with Gasteiger partial charge in [0.15, 0.2) is 0 Å². The Bertz CT molecular complexity index is 474. The monoisotopic (exact) mass is 280 g/mol. The molecule has 1 aromatic carbocycles. The van der Waals surface area contributed by atoms with Gasteiger partial charge in [-0.2, -0.15) is 0 Å². The first kappa shape index (κ1) is 16.1. The smallest absolute Gasteiger partial charge is 0.305 e. The van der Waals surface area contributed by atoms with Crippen LogP contribution in [0.5, 0.6) is 0 Å². The Hall–Kier alpha value is -1.95. The van der Waals surface area contributed by atoms with Crippen molar-refractivity contribution in [2.24, 2.45) is 0 Å². The fourth-order valence-corrected chi connectivity index (χ4v) is 1.87. The second-order valence-corrected chi connectivity index (χ2v) is 4.40. The minimum Gasteiger partial charge on any atom is -0.466 e. The highest BCUT2D eigenvalue weighted by Crippen LogP contribution is 2.20. The van der Waals surface area contributed by atoms with Gasteiger partial charge in [-0.05, 0) is 32.4 Å². The molecular formula is C14H20N2O4. The van der Waals surface area contributed by atoms with E-state index in [1.165, 1.54) is 6.07 Å². The molecular weight excluding hydrogens is 260 g/mol. The predicted molar refractivity (Wildman–Crippen MR) is 75.4 cm³/mol. The summed E-state index contributed by atoms with van der Waals surface area (Å²) in [5.41, 5.74) is 1.71. The van der Waals surface area contributed by atoms with Crippen molar-refractivity contribution >= 4 is 11.7 Å². The van der Waals surface area contributed by atoms with E-state index in [0.29, 0.717) is 38.1 Å². The highest BCUT2D eigenvalue weighted by molar-refractivity contribution is 5.69. The first-order valence-electron chi connectivity index (χ1n) is 6.65. The molecule has 20 heavy (non-hydrogen) atoms. The number of nitro benzene ring substituents is 1. The third-order valence-corrected chi connectivity index (χ3v) is 2.97. The third-order valence-electron chi connectivity index (χ3n) is 2.97. The zero-order chi connectivity index (χ0) is 15.0. The van der Waals surface area contributed by atoms with Gasteiger partial charge in [0.1, 0.15) is 0 Å². The number of esters is 1. The number of hydrogen-bond donors (Lipinski definition) is 1. The Morgan fingerprint density at radius 3 is 2.85 bits per heavy atom. The number of rotatable bonds is 8. The van der Waals surface area contributed by atoms with Gasteiger partial charge in [0, 0.05) is 24.6 Å². The average molecular weight is 280 g/mol. The summed E-state index contributed by atoms with van der Waals surface area (Å²) in [7, 11) is 0. The van der Waals surface area contributed by atoms with Crippen LogP contribution in [-0.2, 0) is 16.1 Å². The van der Waals surface area contributed by atoms with Crippen molar-refractivity contribution in [1.29, 1.82) is 0 Å². The van der Waals surface area contributed by atoms with Gasteiger partial charge < -0.3 is 10.1 Å². The second kappa shape index (κ2) is 8.27. The lowest BCUT2D eigenvalue weighted by Gasteiger charge is -2.08. The summed E-state index contributed by atoms with van der Waals surface area (Å²) in [4.78, 5) is 21.6. The first-order valence-corrected chi connectivity index (χ1v) is 6.65. The lowest BCUT2D eigenvalue weighted by atomic mass is 10.1. The van der Waals surface area contributed by atoms with Gasteiger partial charge >= 0.3 is 5.97 Å². The van der Waals surface area contributed by atoms with Crippen LogP contribution in [-0.4, -0.2) is 24.0 Å². The molecule has 0 aliphatic rings. The van der Waals surface area contributed by atoms with Crippen LogP contribution in [0.15, 0.2) is 18.2 Å². The molecule has 1 N–H and O–H groups in total. The summed E-state index contributed by atoms with van der Waals surface area (Å²) in [6.45, 7) is 5.14. The molecule has 0 unspecified atom stereocenters. The van der Waals surface area contributed by atoms with E-state index >= 15 is 0 Å². The number of ether oxygens (including phenoxy) is 1. The minimum atomic E-state index is -0.375. The normalized spacial score (nSPS) is 10.3. The van der Waals surface area contributed by atoms with Crippen molar-refractivity contribution in [2.45, 2.75) is 33.2 Å². The van der Waals surface area contributed by atoms with E-state index in [1.807, 2.05) is 6.07 Å². The van der Waals surface area contributed by atoms with Crippen molar-refractivity contribution in [1.82, 2.24) is 5.32 Å². The van der Waals surface area contributed by atoms with E-state index in [-0.39, 0.29) is 16.6 Å². The van der Waals surface area contributed by atoms with Crippen LogP contribution >= 0.6 is 0 Å². The number of nitrogens with zero attached hydrogens (tertiary/aromatic N) is 1. The van der Waals surface area contributed by atoms with Crippen LogP contribution in [0, 0.1) is 17.0 Å². The van der Waals surface area contributed by atoms with Crippen LogP contribution in [0.25, 0.3) is 0 Å². The van der Waals surface area contributed by atoms with Crippen molar-refractivity contribution < 1.29 is 14.5 Å². The zero-order valence-electron chi connectivity index (χ0n) is 11.8. The van der Waals surface area contributed by atoms with Gasteiger partial charge in [0.05, 0.1) is 11.5 Å². The number of nitro groups is 1. The van der Waals surface area contributed by atoms with E-state index in [2.05, 4.69) is 5.32 Å². The van der Waals surface area contributed by atoms with Crippen molar-refractivity contribution in [3.63, 3.8) is 0 Å². The molecule has 0 aliphatic carbocycles. The lowest BCUT2D eigenvalue weighted by Crippen LogP contribution is -2.17. The Kier molecular flexibility index (Phi) is 6.66. The van der Waals surface area contributed by atoms with Crippen LogP contribution in [0.1, 0.15) is 30.9 Å². The predicted octanol–water partition coefficient (Wildman–Crippen LogP) is 2.34. The molecule has 0 bridgehead atoms. The van der Waals surface area contributed by atoms with E-state index in [9.17, 15) is 14.9 Å². The summed E-state index contributed by atoms with van der Waals surface area (Å²) in [5, 5.41) is 14.0. The maximum absolute atomic E-state index is 11.1. The summed E-state index contributed by atoms with van der Waals surface area (Å²) < 4.78 is 4.83. The SMILES string of the molecule is CCOC(=O)CCCNCc1cccc([N+](=O)[O-])c1C. The van der Waals surface area contributed by atoms with Gasteiger partial charge in [-0.1, -0.05) is 12.1 Å². The molecule has 110 valence electrons. The lowest BCUT2D eigenvalue weighted by molar-refractivity contribution is -0.385. The van der Waals surface area contributed by atoms with Crippen molar-refractivity contribution in [2.75, 3.05) is 13.2 Å². The Balaban J connectivity index is 2.38. The number of carbonyl (C=O) groups is 1. The highest BCUT2D eigenvalue weighted by atomic mass is 16.6. The summed E-state index contributed by atoms with van der Waals surface area (Å²) in [5.74, 6) is -0.194. The number of nitrogens with one attached hydrogen (secondary N) is 1. The van der Waals surface area contributed by atoms with Gasteiger partial charge in [0.25, 0.3) is 5.69 Å². The van der Waals surface area contributed by atoms with Crippen LogP contribution in [0.4, 0.5) is 5.69 Å². The van der Waals surface area contributed by atoms with Gasteiger partial charge in [-0.15, -0.1) is 0 Å². The minimum absolute atomic E-state index is 0.135. The van der Waals surface area contributed by atoms with E-state index in [1.54, 1.807) is 19.9 Å². The fourth-order valence-electron chi connectivity index (χ4n) is 1.87. The topological polar surface area (TPSA) is 81.5 Å². The largest absolute Gasteiger partial charge is 0.466 e. The fraction of sp³-hybridized carbons (Fsp3) is 0.500. The molecule has 0 radical (unpaired) electrons. The Morgan fingerprint density at radius 1 is 1.45 bits per heavy atom. The maximum Gasteiger partial charge on any atom is 0.305 e. The van der Waals surface area contributed by atoms with Crippen molar-refractivity contribution in [3.05, 3.63) is 39.4 Å². The molecule has 0 amide bonds. The molecule has 0 aromatic heterocycles.